The number of carbonyl (C=O) groups excluding carboxylic acids is 2. The van der Waals surface area contributed by atoms with Crippen LogP contribution in [-0.4, -0.2) is 53.2 Å². The molecule has 1 aromatic heterocycles. The first-order valence-corrected chi connectivity index (χ1v) is 15.6. The van der Waals surface area contributed by atoms with E-state index in [4.69, 9.17) is 0 Å². The van der Waals surface area contributed by atoms with E-state index >= 15 is 4.79 Å². The van der Waals surface area contributed by atoms with Gasteiger partial charge in [0.05, 0.1) is 6.33 Å². The molecule has 10 heteroatoms. The summed E-state index contributed by atoms with van der Waals surface area (Å²) in [5.41, 5.74) is 1.78. The van der Waals surface area contributed by atoms with Gasteiger partial charge in [0.25, 0.3) is 5.91 Å². The zero-order chi connectivity index (χ0) is 34.4. The first kappa shape index (κ1) is 32.4. The molecule has 6 rings (SSSR count). The van der Waals surface area contributed by atoms with Crippen molar-refractivity contribution >= 4 is 11.8 Å². The zero-order valence-electron chi connectivity index (χ0n) is 26.3. The fraction of sp³-hybridized carbons (Fsp3) is 0.103. The molecule has 0 radical (unpaired) electrons. The molecule has 1 heterocycles. The highest BCUT2D eigenvalue weighted by atomic mass is 16.3. The van der Waals surface area contributed by atoms with Gasteiger partial charge >= 0.3 is 0 Å². The van der Waals surface area contributed by atoms with Crippen molar-refractivity contribution in [3.8, 4) is 23.0 Å². The second-order valence-electron chi connectivity index (χ2n) is 11.5. The first-order valence-electron chi connectivity index (χ1n) is 15.6. The van der Waals surface area contributed by atoms with Gasteiger partial charge in [-0.2, -0.15) is 0 Å². The molecular weight excluding hydrogens is 620 g/mol. The lowest BCUT2D eigenvalue weighted by atomic mass is 9.74. The number of phenols is 4. The fourth-order valence-corrected chi connectivity index (χ4v) is 6.17. The summed E-state index contributed by atoms with van der Waals surface area (Å²) < 4.78 is 0. The van der Waals surface area contributed by atoms with Gasteiger partial charge < -0.3 is 35.6 Å². The molecule has 246 valence electrons. The summed E-state index contributed by atoms with van der Waals surface area (Å²) in [6.07, 6.45) is 3.09. The molecule has 0 fully saturated rings. The second-order valence-corrected chi connectivity index (χ2v) is 11.5. The summed E-state index contributed by atoms with van der Waals surface area (Å²) in [4.78, 5) is 38.7. The van der Waals surface area contributed by atoms with E-state index in [9.17, 15) is 25.2 Å². The van der Waals surface area contributed by atoms with Crippen molar-refractivity contribution in [1.29, 1.82) is 0 Å². The van der Waals surface area contributed by atoms with Gasteiger partial charge in [-0.3, -0.25) is 9.59 Å². The number of aromatic amines is 1. The normalized spacial score (nSPS) is 11.8. The van der Waals surface area contributed by atoms with Crippen LogP contribution in [-0.2, 0) is 23.3 Å². The number of imidazole rings is 1. The van der Waals surface area contributed by atoms with E-state index in [1.165, 1.54) is 41.6 Å². The largest absolute Gasteiger partial charge is 0.504 e. The van der Waals surface area contributed by atoms with Gasteiger partial charge in [-0.15, -0.1) is 0 Å². The van der Waals surface area contributed by atoms with Gasteiger partial charge in [0.15, 0.2) is 23.0 Å². The number of carbonyl (C=O) groups is 2. The molecule has 0 bridgehead atoms. The maximum Gasteiger partial charge on any atom is 0.255 e. The summed E-state index contributed by atoms with van der Waals surface area (Å²) >= 11 is 0. The third-order valence-corrected chi connectivity index (χ3v) is 8.47. The highest BCUT2D eigenvalue weighted by Gasteiger charge is 2.50. The number of hydrogen-bond acceptors (Lipinski definition) is 7. The molecule has 6 aromatic rings. The van der Waals surface area contributed by atoms with E-state index in [2.05, 4.69) is 15.3 Å². The van der Waals surface area contributed by atoms with Gasteiger partial charge in [-0.05, 0) is 52.6 Å². The van der Waals surface area contributed by atoms with Crippen LogP contribution in [0.3, 0.4) is 0 Å². The number of phenolic OH excluding ortho intramolecular Hbond substituents is 4. The van der Waals surface area contributed by atoms with Crippen LogP contribution in [0, 0.1) is 0 Å². The Kier molecular flexibility index (Phi) is 9.30. The average Bonchev–Trinajstić information content (AvgIpc) is 3.65. The molecule has 6 N–H and O–H groups in total. The van der Waals surface area contributed by atoms with Crippen LogP contribution in [0.1, 0.15) is 38.3 Å². The molecule has 0 saturated carbocycles. The molecule has 0 aliphatic rings. The number of H-pyrrole nitrogens is 1. The molecule has 1 atom stereocenters. The van der Waals surface area contributed by atoms with E-state index in [-0.39, 0.29) is 30.0 Å². The Morgan fingerprint density at radius 3 is 1.71 bits per heavy atom. The van der Waals surface area contributed by atoms with Crippen LogP contribution in [0.15, 0.2) is 140 Å². The maximum absolute atomic E-state index is 15.3. The minimum Gasteiger partial charge on any atom is -0.504 e. The van der Waals surface area contributed by atoms with Crippen molar-refractivity contribution in [3.05, 3.63) is 173 Å². The minimum atomic E-state index is -1.42. The highest BCUT2D eigenvalue weighted by molar-refractivity contribution is 5.99. The molecule has 49 heavy (non-hydrogen) atoms. The lowest BCUT2D eigenvalue weighted by Gasteiger charge is -2.48. The van der Waals surface area contributed by atoms with Gasteiger partial charge in [0.1, 0.15) is 11.6 Å². The van der Waals surface area contributed by atoms with E-state index in [1.807, 2.05) is 91.0 Å². The van der Waals surface area contributed by atoms with Crippen LogP contribution in [0.4, 0.5) is 0 Å². The van der Waals surface area contributed by atoms with Crippen molar-refractivity contribution in [2.75, 3.05) is 0 Å². The van der Waals surface area contributed by atoms with Crippen molar-refractivity contribution < 1.29 is 30.0 Å². The van der Waals surface area contributed by atoms with Crippen molar-refractivity contribution in [1.82, 2.24) is 20.2 Å². The van der Waals surface area contributed by atoms with Crippen LogP contribution < -0.4 is 5.32 Å². The zero-order valence-corrected chi connectivity index (χ0v) is 26.3. The van der Waals surface area contributed by atoms with E-state index in [0.29, 0.717) is 27.9 Å². The summed E-state index contributed by atoms with van der Waals surface area (Å²) in [7, 11) is 0. The molecule has 10 nitrogen and oxygen atoms in total. The van der Waals surface area contributed by atoms with E-state index in [0.717, 1.165) is 0 Å². The Hall–Kier alpha value is -6.55. The highest BCUT2D eigenvalue weighted by Crippen LogP contribution is 2.45. The van der Waals surface area contributed by atoms with Crippen molar-refractivity contribution in [2.45, 2.75) is 24.5 Å². The van der Waals surface area contributed by atoms with Crippen LogP contribution >= 0.6 is 0 Å². The molecule has 0 aliphatic heterocycles. The van der Waals surface area contributed by atoms with E-state index in [1.54, 1.807) is 12.3 Å². The first-order chi connectivity index (χ1) is 23.8. The molecule has 2 amide bonds. The third-order valence-electron chi connectivity index (χ3n) is 8.47. The van der Waals surface area contributed by atoms with Crippen LogP contribution in [0.5, 0.6) is 23.0 Å². The lowest BCUT2D eigenvalue weighted by Crippen LogP contribution is -2.60. The average molecular weight is 655 g/mol. The Labute approximate surface area is 282 Å². The molecule has 0 spiro atoms. The fourth-order valence-electron chi connectivity index (χ4n) is 6.17. The Balaban J connectivity index is 1.63. The Morgan fingerprint density at radius 1 is 0.694 bits per heavy atom. The SMILES string of the molecule is O=C(NCc1ccc(O)c(O)c1)[C@H](Cc1cnc[nH]1)N(C(=O)c1ccc(O)c(O)c1)C(c1ccccc1)(c1ccccc1)c1ccccc1. The van der Waals surface area contributed by atoms with Crippen LogP contribution in [0.25, 0.3) is 0 Å². The summed E-state index contributed by atoms with van der Waals surface area (Å²) in [6.45, 7) is -0.0246. The van der Waals surface area contributed by atoms with Crippen LogP contribution in [0.2, 0.25) is 0 Å². The standard InChI is InChI=1S/C39H34N4O6/c44-33-18-16-26(20-35(33)46)23-41-37(48)32(22-31-24-40-25-42-31)43(38(49)27-17-19-34(45)36(47)21-27)39(28-10-4-1-5-11-28,29-12-6-2-7-13-29)30-14-8-3-9-15-30/h1-21,24-25,32,44-47H,22-23H2,(H,40,42)(H,41,48)/t32-/m0/s1. The topological polar surface area (TPSA) is 159 Å². The van der Waals surface area contributed by atoms with Crippen molar-refractivity contribution in [3.63, 3.8) is 0 Å². The number of rotatable bonds is 11. The number of hydrogen-bond donors (Lipinski definition) is 6. The second kappa shape index (κ2) is 14.1. The number of amides is 2. The molecule has 0 unspecified atom stereocenters. The predicted octanol–water partition coefficient (Wildman–Crippen LogP) is 5.59. The van der Waals surface area contributed by atoms with Gasteiger partial charge in [-0.25, -0.2) is 4.98 Å². The summed E-state index contributed by atoms with van der Waals surface area (Å²) in [5, 5.41) is 43.6. The monoisotopic (exact) mass is 654 g/mol. The van der Waals surface area contributed by atoms with Gasteiger partial charge in [-0.1, -0.05) is 97.1 Å². The number of nitrogens with one attached hydrogen (secondary N) is 2. The summed E-state index contributed by atoms with van der Waals surface area (Å²) in [6, 6.07) is 35.1. The number of aromatic hydroxyl groups is 4. The molecular formula is C39H34N4O6. The quantitative estimate of drug-likeness (QED) is 0.0785. The predicted molar refractivity (Wildman–Crippen MR) is 183 cm³/mol. The minimum absolute atomic E-state index is 0.0106. The molecule has 0 saturated heterocycles. The summed E-state index contributed by atoms with van der Waals surface area (Å²) in [5.74, 6) is -2.63. The number of benzene rings is 5. The molecule has 0 aliphatic carbocycles. The smallest absolute Gasteiger partial charge is 0.255 e. The Morgan fingerprint density at radius 2 is 1.22 bits per heavy atom. The third kappa shape index (κ3) is 6.52. The number of aromatic nitrogens is 2. The maximum atomic E-state index is 15.3. The lowest BCUT2D eigenvalue weighted by molar-refractivity contribution is -0.127. The Bertz CT molecular complexity index is 1940. The van der Waals surface area contributed by atoms with Gasteiger partial charge in [0, 0.05) is 30.4 Å². The van der Waals surface area contributed by atoms with Gasteiger partial charge in [0.2, 0.25) is 5.91 Å². The van der Waals surface area contributed by atoms with E-state index < -0.39 is 34.9 Å². The number of nitrogens with zero attached hydrogens (tertiary/aromatic N) is 2. The van der Waals surface area contributed by atoms with Crippen molar-refractivity contribution in [2.24, 2.45) is 0 Å². The molecule has 5 aromatic carbocycles.